The fourth-order valence-corrected chi connectivity index (χ4v) is 4.63. The van der Waals surface area contributed by atoms with Crippen LogP contribution in [0.1, 0.15) is 51.3 Å². The van der Waals surface area contributed by atoms with Crippen LogP contribution in [0.3, 0.4) is 0 Å². The van der Waals surface area contributed by atoms with E-state index in [-0.39, 0.29) is 16.8 Å². The van der Waals surface area contributed by atoms with Gasteiger partial charge in [0.05, 0.1) is 41.3 Å². The molecule has 0 unspecified atom stereocenters. The normalized spacial score (nSPS) is 11.7. The molecule has 3 aromatic carbocycles. The van der Waals surface area contributed by atoms with Gasteiger partial charge in [0.1, 0.15) is 0 Å². The summed E-state index contributed by atoms with van der Waals surface area (Å²) in [7, 11) is 0. The van der Waals surface area contributed by atoms with Crippen LogP contribution in [0.15, 0.2) is 70.2 Å². The van der Waals surface area contributed by atoms with Crippen molar-refractivity contribution in [3.63, 3.8) is 0 Å². The fourth-order valence-electron chi connectivity index (χ4n) is 4.04. The Bertz CT molecular complexity index is 1430. The monoisotopic (exact) mass is 696 g/mol. The number of nitrogens with zero attached hydrogens (tertiary/aromatic N) is 2. The van der Waals surface area contributed by atoms with Crippen molar-refractivity contribution in [2.45, 2.75) is 26.6 Å². The zero-order valence-corrected chi connectivity index (χ0v) is 26.6. The van der Waals surface area contributed by atoms with Gasteiger partial charge in [0.15, 0.2) is 0 Å². The number of anilines is 1. The van der Waals surface area contributed by atoms with Crippen molar-refractivity contribution in [1.29, 1.82) is 0 Å². The van der Waals surface area contributed by atoms with E-state index in [9.17, 15) is 22.8 Å². The summed E-state index contributed by atoms with van der Waals surface area (Å²) in [5, 5.41) is 6.08. The number of hydrogen-bond acceptors (Lipinski definition) is 6. The van der Waals surface area contributed by atoms with Gasteiger partial charge < -0.3 is 14.8 Å². The number of ether oxygens (including phenoxy) is 2. The van der Waals surface area contributed by atoms with E-state index in [1.807, 2.05) is 26.0 Å². The molecule has 13 heteroatoms. The first-order chi connectivity index (χ1) is 21.0. The minimum atomic E-state index is -4.64. The number of hydrogen-bond donors (Lipinski definition) is 2. The molecule has 0 saturated carbocycles. The maximum atomic E-state index is 13.1. The first-order valence-corrected chi connectivity index (χ1v) is 15.0. The van der Waals surface area contributed by atoms with Crippen molar-refractivity contribution in [1.82, 2.24) is 10.3 Å². The highest BCUT2D eigenvalue weighted by molar-refractivity contribution is 9.10. The largest absolute Gasteiger partial charge is 0.417 e. The highest BCUT2D eigenvalue weighted by atomic mass is 79.9. The first kappa shape index (κ1) is 35.2. The van der Waals surface area contributed by atoms with Crippen LogP contribution in [-0.4, -0.2) is 62.4 Å². The van der Waals surface area contributed by atoms with Gasteiger partial charge in [0.25, 0.3) is 11.8 Å². The first-order valence-electron chi connectivity index (χ1n) is 13.8. The molecule has 3 rings (SSSR count). The van der Waals surface area contributed by atoms with Crippen LogP contribution in [0.4, 0.5) is 18.9 Å². The van der Waals surface area contributed by atoms with E-state index in [0.717, 1.165) is 37.0 Å². The third kappa shape index (κ3) is 11.0. The van der Waals surface area contributed by atoms with Gasteiger partial charge in [-0.1, -0.05) is 45.7 Å². The van der Waals surface area contributed by atoms with Gasteiger partial charge in [-0.15, -0.1) is 0 Å². The Morgan fingerprint density at radius 3 is 2.23 bits per heavy atom. The van der Waals surface area contributed by atoms with Crippen LogP contribution < -0.4 is 10.7 Å². The Morgan fingerprint density at radius 1 is 0.955 bits per heavy atom. The van der Waals surface area contributed by atoms with E-state index >= 15 is 0 Å². The topological polar surface area (TPSA) is 92.3 Å². The average molecular weight is 698 g/mol. The molecule has 44 heavy (non-hydrogen) atoms. The third-order valence-corrected chi connectivity index (χ3v) is 7.11. The maximum absolute atomic E-state index is 13.1. The van der Waals surface area contributed by atoms with Crippen LogP contribution >= 0.6 is 27.5 Å². The summed E-state index contributed by atoms with van der Waals surface area (Å²) in [5.74, 6) is -1.11. The molecule has 236 valence electrons. The van der Waals surface area contributed by atoms with E-state index < -0.39 is 28.6 Å². The predicted molar refractivity (Wildman–Crippen MR) is 168 cm³/mol. The molecule has 0 heterocycles. The second-order valence-electron chi connectivity index (χ2n) is 9.45. The number of alkyl halides is 3. The minimum Gasteiger partial charge on any atom is -0.380 e. The van der Waals surface area contributed by atoms with Crippen molar-refractivity contribution in [3.8, 4) is 0 Å². The molecule has 0 aliphatic carbocycles. The van der Waals surface area contributed by atoms with Gasteiger partial charge in [-0.05, 0) is 67.4 Å². The molecule has 0 saturated heterocycles. The molecular weight excluding hydrogens is 665 g/mol. The lowest BCUT2D eigenvalue weighted by molar-refractivity contribution is -0.137. The number of carbonyl (C=O) groups is 2. The number of hydrazone groups is 1. The molecule has 0 spiro atoms. The zero-order valence-electron chi connectivity index (χ0n) is 24.2. The zero-order chi connectivity index (χ0) is 32.1. The van der Waals surface area contributed by atoms with Crippen molar-refractivity contribution in [2.75, 3.05) is 44.8 Å². The van der Waals surface area contributed by atoms with Crippen LogP contribution in [-0.2, 0) is 22.2 Å². The van der Waals surface area contributed by atoms with E-state index in [1.165, 1.54) is 12.1 Å². The summed E-state index contributed by atoms with van der Waals surface area (Å²) in [6, 6.07) is 15.1. The lowest BCUT2D eigenvalue weighted by atomic mass is 10.1. The molecule has 8 nitrogen and oxygen atoms in total. The van der Waals surface area contributed by atoms with Gasteiger partial charge in [-0.2, -0.15) is 18.3 Å². The fraction of sp³-hybridized carbons (Fsp3) is 0.323. The lowest BCUT2D eigenvalue weighted by Gasteiger charge is -2.22. The lowest BCUT2D eigenvalue weighted by Crippen LogP contribution is -2.30. The predicted octanol–water partition coefficient (Wildman–Crippen LogP) is 7.01. The Hall–Kier alpha value is -3.29. The Labute approximate surface area is 267 Å². The molecule has 0 aliphatic heterocycles. The number of carbonyl (C=O) groups excluding carboxylic acids is 2. The highest BCUT2D eigenvalue weighted by Gasteiger charge is 2.33. The van der Waals surface area contributed by atoms with Crippen LogP contribution in [0.5, 0.6) is 0 Å². The number of halogens is 5. The van der Waals surface area contributed by atoms with Gasteiger partial charge in [0.2, 0.25) is 0 Å². The average Bonchev–Trinajstić information content (AvgIpc) is 2.98. The summed E-state index contributed by atoms with van der Waals surface area (Å²) >= 11 is 8.96. The smallest absolute Gasteiger partial charge is 0.380 e. The number of rotatable bonds is 15. The highest BCUT2D eigenvalue weighted by Crippen LogP contribution is 2.34. The molecule has 0 fully saturated rings. The molecule has 0 aliphatic rings. The Kier molecular flexibility index (Phi) is 13.8. The summed E-state index contributed by atoms with van der Waals surface area (Å²) < 4.78 is 51.0. The summed E-state index contributed by atoms with van der Waals surface area (Å²) in [5.41, 5.74) is 3.07. The summed E-state index contributed by atoms with van der Waals surface area (Å²) in [6.45, 7) is 8.57. The van der Waals surface area contributed by atoms with Gasteiger partial charge in [-0.3, -0.25) is 14.5 Å². The molecule has 0 bridgehead atoms. The second kappa shape index (κ2) is 17.3. The molecule has 2 amide bonds. The third-order valence-electron chi connectivity index (χ3n) is 6.28. The number of benzene rings is 3. The SMILES string of the molecule is CCOCCN(CCOCC)Cc1ccc(C(=O)Nc2ccc(Br)cc2C(=O)N/N=C/c2ccc(Cl)c(C(F)(F)F)c2)cc1. The van der Waals surface area contributed by atoms with Crippen LogP contribution in [0.25, 0.3) is 0 Å². The van der Waals surface area contributed by atoms with Crippen molar-refractivity contribution in [2.24, 2.45) is 5.10 Å². The summed E-state index contributed by atoms with van der Waals surface area (Å²) in [4.78, 5) is 28.2. The van der Waals surface area contributed by atoms with E-state index in [1.54, 1.807) is 24.3 Å². The van der Waals surface area contributed by atoms with Crippen LogP contribution in [0.2, 0.25) is 5.02 Å². The quantitative estimate of drug-likeness (QED) is 0.101. The number of amides is 2. The van der Waals surface area contributed by atoms with Crippen LogP contribution in [0, 0.1) is 0 Å². The molecule has 0 radical (unpaired) electrons. The molecule has 2 N–H and O–H groups in total. The molecular formula is C31H33BrClF3N4O4. The van der Waals surface area contributed by atoms with Crippen molar-refractivity contribution < 1.29 is 32.2 Å². The maximum Gasteiger partial charge on any atom is 0.417 e. The van der Waals surface area contributed by atoms with Gasteiger partial charge >= 0.3 is 6.18 Å². The molecule has 0 atom stereocenters. The van der Waals surface area contributed by atoms with Gasteiger partial charge in [0, 0.05) is 42.9 Å². The van der Waals surface area contributed by atoms with Crippen molar-refractivity contribution in [3.05, 3.63) is 98.0 Å². The molecule has 0 aromatic heterocycles. The standard InChI is InChI=1S/C31H33BrClF3N4O4/c1-3-43-15-13-40(14-16-44-4-2)20-21-5-8-23(9-6-21)29(41)38-28-12-10-24(32)18-25(28)30(42)39-37-19-22-7-11-27(33)26(17-22)31(34,35)36/h5-12,17-19H,3-4,13-16,20H2,1-2H3,(H,38,41)(H,39,42)/b37-19+. The van der Waals surface area contributed by atoms with Gasteiger partial charge in [-0.25, -0.2) is 5.43 Å². The van der Waals surface area contributed by atoms with Crippen molar-refractivity contribution >= 4 is 51.2 Å². The van der Waals surface area contributed by atoms with E-state index in [2.05, 4.69) is 36.7 Å². The summed E-state index contributed by atoms with van der Waals surface area (Å²) in [6.07, 6.45) is -3.57. The van der Waals surface area contributed by atoms with E-state index in [4.69, 9.17) is 21.1 Å². The molecule has 3 aromatic rings. The Morgan fingerprint density at radius 2 is 1.61 bits per heavy atom. The second-order valence-corrected chi connectivity index (χ2v) is 10.8. The number of nitrogens with one attached hydrogen (secondary N) is 2. The minimum absolute atomic E-state index is 0.0833. The Balaban J connectivity index is 1.67. The van der Waals surface area contributed by atoms with E-state index in [0.29, 0.717) is 43.0 Å².